The summed E-state index contributed by atoms with van der Waals surface area (Å²) in [7, 11) is 0. The zero-order chi connectivity index (χ0) is 11.7. The number of fused-ring (bicyclic) bond motifs is 1. The van der Waals surface area contributed by atoms with Crippen molar-refractivity contribution in [1.82, 2.24) is 0 Å². The van der Waals surface area contributed by atoms with Crippen molar-refractivity contribution in [1.29, 1.82) is 0 Å². The van der Waals surface area contributed by atoms with Crippen LogP contribution in [0, 0.1) is 0 Å². The summed E-state index contributed by atoms with van der Waals surface area (Å²) < 4.78 is 1.33. The normalized spacial score (nSPS) is 10.1. The Labute approximate surface area is 130 Å². The summed E-state index contributed by atoms with van der Waals surface area (Å²) in [6.45, 7) is 0. The number of hydrogen-bond acceptors (Lipinski definition) is 0. The fraction of sp³-hybridized carbons (Fsp3) is 0. The molecule has 0 aliphatic heterocycles. The van der Waals surface area contributed by atoms with Crippen molar-refractivity contribution < 1.29 is 17.0 Å². The molecule has 3 aromatic rings. The molecule has 0 unspecified atom stereocenters. The first-order valence-corrected chi connectivity index (χ1v) is 6.45. The summed E-state index contributed by atoms with van der Waals surface area (Å²) in [6, 6.07) is 23.8. The Morgan fingerprint density at radius 3 is 1.94 bits per heavy atom. The van der Waals surface area contributed by atoms with Crippen LogP contribution in [0.25, 0.3) is 21.9 Å². The van der Waals surface area contributed by atoms with E-state index in [4.69, 9.17) is 0 Å². The van der Waals surface area contributed by atoms with Crippen LogP contribution in [0.3, 0.4) is 0 Å². The zero-order valence-electron chi connectivity index (χ0n) is 9.94. The first-order chi connectivity index (χ1) is 8.33. The zero-order valence-corrected chi connectivity index (χ0v) is 12.9. The van der Waals surface area contributed by atoms with Crippen LogP contribution >= 0.6 is 0 Å². The van der Waals surface area contributed by atoms with Gasteiger partial charge in [0.1, 0.15) is 0 Å². The topological polar surface area (TPSA) is 0 Å². The second-order valence-electron chi connectivity index (χ2n) is 4.26. The first-order valence-electron chi connectivity index (χ1n) is 5.74. The van der Waals surface area contributed by atoms with E-state index in [0.717, 1.165) is 0 Å². The molecule has 0 aliphatic rings. The Bertz CT molecular complexity index is 659. The van der Waals surface area contributed by atoms with Gasteiger partial charge in [-0.05, 0) is 0 Å². The van der Waals surface area contributed by atoms with Gasteiger partial charge in [-0.1, -0.05) is 0 Å². The van der Waals surface area contributed by atoms with Crippen molar-refractivity contribution in [2.75, 3.05) is 0 Å². The van der Waals surface area contributed by atoms with Crippen LogP contribution in [0.15, 0.2) is 66.7 Å². The molecule has 3 rings (SSSR count). The van der Waals surface area contributed by atoms with E-state index in [1.807, 2.05) is 21.7 Å². The molecular formula is C16H11BrMg. The molecule has 0 heterocycles. The summed E-state index contributed by atoms with van der Waals surface area (Å²) >= 11 is 1.92. The molecule has 0 radical (unpaired) electrons. The van der Waals surface area contributed by atoms with E-state index in [2.05, 4.69) is 66.7 Å². The van der Waals surface area contributed by atoms with E-state index in [-0.39, 0.29) is 17.0 Å². The number of hydrogen-bond donors (Lipinski definition) is 0. The molecule has 0 amide bonds. The summed E-state index contributed by atoms with van der Waals surface area (Å²) in [6.07, 6.45) is 0. The molecule has 0 nitrogen and oxygen atoms in total. The first kappa shape index (κ1) is 13.6. The van der Waals surface area contributed by atoms with Crippen molar-refractivity contribution in [3.05, 3.63) is 66.7 Å². The molecular weight excluding hydrogens is 296 g/mol. The van der Waals surface area contributed by atoms with E-state index >= 15 is 0 Å². The SMILES string of the molecule is [Br-].[Mg+][c]1ccc(-c2ccc3ccccc3c2)cc1. The molecule has 0 fully saturated rings. The molecule has 0 saturated carbocycles. The molecule has 84 valence electrons. The monoisotopic (exact) mass is 306 g/mol. The van der Waals surface area contributed by atoms with Gasteiger partial charge in [0, 0.05) is 0 Å². The van der Waals surface area contributed by atoms with Crippen LogP contribution in [-0.2, 0) is 0 Å². The van der Waals surface area contributed by atoms with Gasteiger partial charge in [-0.15, -0.1) is 0 Å². The van der Waals surface area contributed by atoms with Crippen LogP contribution in [0.4, 0.5) is 0 Å². The maximum absolute atomic E-state index is 2.25. The second kappa shape index (κ2) is 5.87. The molecule has 0 aromatic heterocycles. The molecule has 0 atom stereocenters. The Kier molecular flexibility index (Phi) is 4.43. The molecule has 0 bridgehead atoms. The molecule has 2 heteroatoms. The Morgan fingerprint density at radius 1 is 0.611 bits per heavy atom. The van der Waals surface area contributed by atoms with Gasteiger partial charge in [0.15, 0.2) is 0 Å². The van der Waals surface area contributed by atoms with Gasteiger partial charge in [0.2, 0.25) is 0 Å². The summed E-state index contributed by atoms with van der Waals surface area (Å²) in [4.78, 5) is 0. The van der Waals surface area contributed by atoms with Gasteiger partial charge in [-0.25, -0.2) is 0 Å². The van der Waals surface area contributed by atoms with Gasteiger partial charge in [-0.2, -0.15) is 0 Å². The van der Waals surface area contributed by atoms with Gasteiger partial charge in [0.25, 0.3) is 0 Å². The molecule has 0 N–H and O–H groups in total. The summed E-state index contributed by atoms with van der Waals surface area (Å²) in [5.41, 5.74) is 2.57. The van der Waals surface area contributed by atoms with E-state index in [1.165, 1.54) is 25.6 Å². The van der Waals surface area contributed by atoms with Crippen LogP contribution < -0.4 is 20.7 Å². The van der Waals surface area contributed by atoms with Gasteiger partial charge >= 0.3 is 114 Å². The number of halogens is 1. The molecule has 0 spiro atoms. The van der Waals surface area contributed by atoms with E-state index in [1.54, 1.807) is 0 Å². The Morgan fingerprint density at radius 2 is 1.22 bits per heavy atom. The minimum atomic E-state index is 0. The Balaban J connectivity index is 0.00000120. The second-order valence-corrected chi connectivity index (χ2v) is 5.08. The van der Waals surface area contributed by atoms with Crippen LogP contribution in [0.5, 0.6) is 0 Å². The van der Waals surface area contributed by atoms with Crippen LogP contribution in [0.1, 0.15) is 0 Å². The third-order valence-electron chi connectivity index (χ3n) is 3.04. The third-order valence-corrected chi connectivity index (χ3v) is 3.51. The number of benzene rings is 3. The Hall–Kier alpha value is -0.834. The number of rotatable bonds is 1. The fourth-order valence-electron chi connectivity index (χ4n) is 2.07. The molecule has 18 heavy (non-hydrogen) atoms. The average Bonchev–Trinajstić information content (AvgIpc) is 2.39. The summed E-state index contributed by atoms with van der Waals surface area (Å²) in [5, 5.41) is 2.59. The standard InChI is InChI=1S/C16H11.BrH.Mg/c1-2-6-13(7-3-1)16-11-10-14-8-4-5-9-15(14)12-16;;/h2-12H;1H;/q;;+1/p-1. The molecule has 0 aliphatic carbocycles. The summed E-state index contributed by atoms with van der Waals surface area (Å²) in [5.74, 6) is 0. The van der Waals surface area contributed by atoms with E-state index in [0.29, 0.717) is 0 Å². The van der Waals surface area contributed by atoms with E-state index in [9.17, 15) is 0 Å². The predicted octanol–water partition coefficient (Wildman–Crippen LogP) is 0.305. The maximum atomic E-state index is 2.25. The van der Waals surface area contributed by atoms with Crippen molar-refractivity contribution in [3.8, 4) is 11.1 Å². The van der Waals surface area contributed by atoms with E-state index < -0.39 is 0 Å². The van der Waals surface area contributed by atoms with Crippen molar-refractivity contribution in [3.63, 3.8) is 0 Å². The van der Waals surface area contributed by atoms with Crippen molar-refractivity contribution in [2.24, 2.45) is 0 Å². The van der Waals surface area contributed by atoms with Crippen LogP contribution in [-0.4, -0.2) is 21.7 Å². The van der Waals surface area contributed by atoms with Gasteiger partial charge < -0.3 is 17.0 Å². The van der Waals surface area contributed by atoms with Gasteiger partial charge in [0.05, 0.1) is 0 Å². The van der Waals surface area contributed by atoms with Crippen LogP contribution in [0.2, 0.25) is 0 Å². The molecule has 3 aromatic carbocycles. The predicted molar refractivity (Wildman–Crippen MR) is 74.8 cm³/mol. The van der Waals surface area contributed by atoms with Gasteiger partial charge in [-0.3, -0.25) is 0 Å². The quantitative estimate of drug-likeness (QED) is 0.568. The molecule has 0 saturated heterocycles. The van der Waals surface area contributed by atoms with Crippen molar-refractivity contribution in [2.45, 2.75) is 0 Å². The van der Waals surface area contributed by atoms with Crippen molar-refractivity contribution >= 4 is 36.2 Å². The average molecular weight is 307 g/mol. The fourth-order valence-corrected chi connectivity index (χ4v) is 2.30. The third kappa shape index (κ3) is 2.77. The minimum absolute atomic E-state index is 0.